The van der Waals surface area contributed by atoms with Crippen LogP contribution in [0.5, 0.6) is 0 Å². The van der Waals surface area contributed by atoms with Crippen molar-refractivity contribution in [3.05, 3.63) is 45.6 Å². The molecule has 0 bridgehead atoms. The highest BCUT2D eigenvalue weighted by Gasteiger charge is 2.45. The number of carbonyl (C=O) groups is 14. The van der Waals surface area contributed by atoms with Crippen LogP contribution in [0.2, 0.25) is 10.0 Å². The molecule has 1 aromatic rings. The second-order valence-corrected chi connectivity index (χ2v) is 31.0. The number of nitrogens with zero attached hydrogens (tertiary/aromatic N) is 1. The Morgan fingerprint density at radius 3 is 1.71 bits per heavy atom. The van der Waals surface area contributed by atoms with Gasteiger partial charge in [0.25, 0.3) is 5.91 Å². The molecule has 0 radical (unpaired) electrons. The number of allylic oxidation sites excluding steroid dienone is 1. The van der Waals surface area contributed by atoms with Crippen molar-refractivity contribution in [2.75, 3.05) is 13.1 Å². The highest BCUT2D eigenvalue weighted by atomic mass is 35.5. The first-order valence-electron chi connectivity index (χ1n) is 37.7. The summed E-state index contributed by atoms with van der Waals surface area (Å²) in [5.41, 5.74) is 6.10. The number of amides is 13. The van der Waals surface area contributed by atoms with E-state index in [1.165, 1.54) is 43.9 Å². The number of nitrogens with one attached hydrogen (secondary N) is 12. The fourth-order valence-corrected chi connectivity index (χ4v) is 12.4. The van der Waals surface area contributed by atoms with Crippen molar-refractivity contribution in [1.82, 2.24) is 68.7 Å². The molecule has 13 amide bonds. The number of esters is 1. The van der Waals surface area contributed by atoms with Crippen molar-refractivity contribution in [3.63, 3.8) is 0 Å². The van der Waals surface area contributed by atoms with Gasteiger partial charge in [0.2, 0.25) is 70.9 Å². The Bertz CT molecular complexity index is 3300. The molecule has 30 nitrogen and oxygen atoms in total. The molecule has 602 valence electrons. The largest absolute Gasteiger partial charge is 0.458 e. The number of halogens is 2. The predicted octanol–water partition coefficient (Wildman–Crippen LogP) is 3.14. The van der Waals surface area contributed by atoms with Crippen LogP contribution in [0.25, 0.3) is 0 Å². The molecule has 32 heteroatoms. The third-order valence-electron chi connectivity index (χ3n) is 19.8. The SMILES string of the molecule is C/C=C1\NC(=O)[C@H](Cc2ccc(Cl)c(Cl)c2)NC(=O)[C@@H](C(C)C)NC(=O)[C@@H]([C@@H](C)CC)NC(=O)[C@H](NC(=O)[C@H](NC(=O)[C@H](CCCN)NC(=O)[C@H]2CCCN2C(=O)[C@H](NC(=O)[C@@H](NC(=O)[C@@H](NC(=O)[C@H](NC(=O)CC[C@@H](C)CC)C(C)C)[C@@H](C)O)C(C)C)C(C)C)[C@@H](C)CC)[C@@H](C)OC(=O)[C@H](C(C)C)NC1=O. The zero-order valence-corrected chi connectivity index (χ0v) is 67.4. The lowest BCUT2D eigenvalue weighted by Crippen LogP contribution is -2.64. The minimum atomic E-state index is -1.85. The van der Waals surface area contributed by atoms with E-state index < -0.39 is 203 Å². The zero-order chi connectivity index (χ0) is 81.2. The van der Waals surface area contributed by atoms with Crippen LogP contribution in [0.4, 0.5) is 0 Å². The number of carbonyl (C=O) groups excluding carboxylic acids is 14. The van der Waals surface area contributed by atoms with E-state index in [2.05, 4.69) is 63.8 Å². The summed E-state index contributed by atoms with van der Waals surface area (Å²) in [5.74, 6) is -15.6. The summed E-state index contributed by atoms with van der Waals surface area (Å²) in [6.45, 7) is 31.5. The van der Waals surface area contributed by atoms with Crippen LogP contribution in [0.3, 0.4) is 0 Å². The summed E-state index contributed by atoms with van der Waals surface area (Å²) < 4.78 is 5.96. The average Bonchev–Trinajstić information content (AvgIpc) is 1.81. The van der Waals surface area contributed by atoms with Crippen LogP contribution in [-0.4, -0.2) is 191 Å². The molecule has 107 heavy (non-hydrogen) atoms. The van der Waals surface area contributed by atoms with E-state index in [1.54, 1.807) is 103 Å². The van der Waals surface area contributed by atoms with Crippen molar-refractivity contribution < 1.29 is 77.0 Å². The molecule has 0 saturated carbocycles. The third kappa shape index (κ3) is 27.9. The summed E-state index contributed by atoms with van der Waals surface area (Å²) in [4.78, 5) is 202. The third-order valence-corrected chi connectivity index (χ3v) is 20.5. The van der Waals surface area contributed by atoms with Crippen LogP contribution in [0, 0.1) is 47.3 Å². The Balaban J connectivity index is 2.01. The van der Waals surface area contributed by atoms with E-state index in [-0.39, 0.29) is 85.6 Å². The first-order valence-corrected chi connectivity index (χ1v) is 38.5. The second-order valence-electron chi connectivity index (χ2n) is 30.2. The van der Waals surface area contributed by atoms with Gasteiger partial charge in [-0.3, -0.25) is 62.3 Å². The van der Waals surface area contributed by atoms with E-state index in [1.807, 2.05) is 13.8 Å². The molecule has 2 fully saturated rings. The number of likely N-dealkylation sites (tertiary alicyclic amines) is 1. The smallest absolute Gasteiger partial charge is 0.329 e. The van der Waals surface area contributed by atoms with Gasteiger partial charge in [-0.15, -0.1) is 0 Å². The maximum absolute atomic E-state index is 15.1. The van der Waals surface area contributed by atoms with E-state index in [9.17, 15) is 62.6 Å². The Morgan fingerprint density at radius 1 is 0.626 bits per heavy atom. The Kier molecular flexibility index (Phi) is 38.8. The number of ether oxygens (including phenoxy) is 1. The van der Waals surface area contributed by atoms with Gasteiger partial charge in [-0.2, -0.15) is 0 Å². The van der Waals surface area contributed by atoms with Crippen LogP contribution in [-0.2, 0) is 78.3 Å². The second kappa shape index (κ2) is 44.5. The highest BCUT2D eigenvalue weighted by Crippen LogP contribution is 2.26. The molecule has 15 N–H and O–H groups in total. The number of hydrogen-bond donors (Lipinski definition) is 14. The average molecular weight is 1550 g/mol. The molecule has 2 aliphatic rings. The number of cyclic esters (lactones) is 1. The van der Waals surface area contributed by atoms with Gasteiger partial charge in [-0.05, 0) is 124 Å². The molecule has 2 saturated heterocycles. The maximum atomic E-state index is 15.1. The summed E-state index contributed by atoms with van der Waals surface area (Å²) in [6, 6.07) is -12.1. The van der Waals surface area contributed by atoms with Gasteiger partial charge >= 0.3 is 5.97 Å². The topological polar surface area (TPSA) is 442 Å². The Morgan fingerprint density at radius 2 is 1.18 bits per heavy atom. The van der Waals surface area contributed by atoms with E-state index in [0.717, 1.165) is 6.42 Å². The van der Waals surface area contributed by atoms with Crippen molar-refractivity contribution >= 4 is 106 Å². The molecular formula is C75H122Cl2N14O16. The van der Waals surface area contributed by atoms with Gasteiger partial charge < -0.3 is 84.3 Å². The molecular weight excluding hydrogens is 1420 g/mol. The number of benzene rings is 1. The molecule has 3 rings (SSSR count). The first kappa shape index (κ1) is 93.2. The summed E-state index contributed by atoms with van der Waals surface area (Å²) in [6.07, 6.45) is 0.813. The van der Waals surface area contributed by atoms with E-state index >= 15 is 9.59 Å². The molecule has 17 atom stereocenters. The molecule has 0 unspecified atom stereocenters. The maximum Gasteiger partial charge on any atom is 0.329 e. The first-order chi connectivity index (χ1) is 50.1. The molecule has 0 aliphatic carbocycles. The number of hydrogen-bond acceptors (Lipinski definition) is 17. The highest BCUT2D eigenvalue weighted by molar-refractivity contribution is 6.42. The Hall–Kier alpha value is -7.96. The van der Waals surface area contributed by atoms with Crippen LogP contribution in [0.1, 0.15) is 195 Å². The van der Waals surface area contributed by atoms with Crippen molar-refractivity contribution in [2.45, 2.75) is 280 Å². The van der Waals surface area contributed by atoms with Crippen LogP contribution >= 0.6 is 23.2 Å². The number of nitrogens with two attached hydrogens (primary N) is 1. The molecule has 1 aromatic carbocycles. The predicted molar refractivity (Wildman–Crippen MR) is 405 cm³/mol. The van der Waals surface area contributed by atoms with Crippen molar-refractivity contribution in [2.24, 2.45) is 53.1 Å². The van der Waals surface area contributed by atoms with Crippen LogP contribution < -0.4 is 69.5 Å². The quantitative estimate of drug-likeness (QED) is 0.0355. The van der Waals surface area contributed by atoms with Gasteiger partial charge in [0.15, 0.2) is 0 Å². The summed E-state index contributed by atoms with van der Waals surface area (Å²) >= 11 is 12.5. The molecule has 2 aliphatic heterocycles. The van der Waals surface area contributed by atoms with Gasteiger partial charge in [0, 0.05) is 19.4 Å². The molecule has 2 heterocycles. The van der Waals surface area contributed by atoms with Gasteiger partial charge in [0.1, 0.15) is 84.3 Å². The van der Waals surface area contributed by atoms with Gasteiger partial charge in [0.05, 0.1) is 16.1 Å². The van der Waals surface area contributed by atoms with Crippen molar-refractivity contribution in [3.8, 4) is 0 Å². The summed E-state index contributed by atoms with van der Waals surface area (Å²) in [5, 5.41) is 43.4. The molecule has 0 aromatic heterocycles. The lowest BCUT2D eigenvalue weighted by Gasteiger charge is -2.33. The van der Waals surface area contributed by atoms with E-state index in [0.29, 0.717) is 18.4 Å². The normalized spacial score (nSPS) is 22.6. The van der Waals surface area contributed by atoms with Gasteiger partial charge in [-0.25, -0.2) is 4.79 Å². The number of rotatable bonds is 33. The van der Waals surface area contributed by atoms with Crippen molar-refractivity contribution in [1.29, 1.82) is 0 Å². The number of aliphatic hydroxyl groups excluding tert-OH is 1. The lowest BCUT2D eigenvalue weighted by atomic mass is 9.95. The fraction of sp³-hybridized carbons (Fsp3) is 0.707. The standard InChI is InChI=1S/C75H122Cl2N14O16/c1-20-41(15)28-31-53(93)82-54(36(5)6)68(99)89-61(44(18)92)72(103)84-56(38(9)10)69(100)85-57(39(11)12)74(105)91-33-25-27-52(91)66(97)80-50(26-24-32-78)64(95)87-59(42(16)21-2)71(102)90-62-45(19)107-75(106)58(40(13)14)86-63(94)49(23-4)79-65(96)51(35-46-29-30-47(76)48(77)34-46)81-67(98)55(37(7)8)83-70(101)60(43(17)22-3)88-73(62)104/h23,29-30,34,36-45,50-52,54-62,92H,20-22,24-28,31-33,35,78H2,1-19H3,(H,79,96)(H,80,97)(H,81,98)(H,82,93)(H,83,101)(H,84,103)(H,85,100)(H,86,94)(H,87,95)(H,88,104)(H,89,99)(H,90,102)/b49-23-/t41-,42-,43-,44+,45+,50-,51-,52+,54+,55+,56-,57+,58-,59+,60+,61-,62+/m0/s1. The Labute approximate surface area is 640 Å². The monoisotopic (exact) mass is 1540 g/mol. The minimum Gasteiger partial charge on any atom is -0.458 e. The van der Waals surface area contributed by atoms with Gasteiger partial charge in [-0.1, -0.05) is 165 Å². The van der Waals surface area contributed by atoms with E-state index in [4.69, 9.17) is 33.7 Å². The molecule has 0 spiro atoms. The minimum absolute atomic E-state index is 0.0608. The number of aliphatic hydroxyl groups is 1. The lowest BCUT2D eigenvalue weighted by molar-refractivity contribution is -0.157. The van der Waals surface area contributed by atoms with Crippen LogP contribution in [0.15, 0.2) is 30.0 Å². The summed E-state index contributed by atoms with van der Waals surface area (Å²) in [7, 11) is 0. The zero-order valence-electron chi connectivity index (χ0n) is 65.8. The fourth-order valence-electron chi connectivity index (χ4n) is 12.1.